The van der Waals surface area contributed by atoms with E-state index >= 15 is 0 Å². The Balaban J connectivity index is 2.17. The zero-order valence-electron chi connectivity index (χ0n) is 6.95. The fourth-order valence-electron chi connectivity index (χ4n) is 1.54. The van der Waals surface area contributed by atoms with Gasteiger partial charge in [-0.3, -0.25) is 0 Å². The van der Waals surface area contributed by atoms with Gasteiger partial charge in [0.25, 0.3) is 0 Å². The number of thiophene rings is 1. The Morgan fingerprint density at radius 3 is 3.17 bits per heavy atom. The molecular weight excluding hydrogens is 168 g/mol. The predicted molar refractivity (Wildman–Crippen MR) is 51.6 cm³/mol. The molecule has 0 N–H and O–H groups in total. The second kappa shape index (κ2) is 3.42. The Bertz CT molecular complexity index is 263. The van der Waals surface area contributed by atoms with Crippen molar-refractivity contribution in [2.24, 2.45) is 0 Å². The molecular formula is C10H12OS. The smallest absolute Gasteiger partial charge is 0.0680 e. The van der Waals surface area contributed by atoms with Gasteiger partial charge in [0.05, 0.1) is 6.61 Å². The quantitative estimate of drug-likeness (QED) is 0.604. The van der Waals surface area contributed by atoms with E-state index in [-0.39, 0.29) is 0 Å². The first-order chi connectivity index (χ1) is 5.88. The molecule has 0 aliphatic carbocycles. The maximum atomic E-state index is 5.32. The highest BCUT2D eigenvalue weighted by atomic mass is 32.1. The van der Waals surface area contributed by atoms with Gasteiger partial charge < -0.3 is 4.74 Å². The van der Waals surface area contributed by atoms with Crippen molar-refractivity contribution in [1.82, 2.24) is 0 Å². The minimum atomic E-state index is 0.554. The van der Waals surface area contributed by atoms with Crippen LogP contribution in [0.2, 0.25) is 0 Å². The van der Waals surface area contributed by atoms with E-state index in [0.29, 0.717) is 5.92 Å². The number of hydrogen-bond acceptors (Lipinski definition) is 2. The fraction of sp³-hybridized carbons (Fsp3) is 0.400. The summed E-state index contributed by atoms with van der Waals surface area (Å²) in [4.78, 5) is 1.43. The Morgan fingerprint density at radius 2 is 2.50 bits per heavy atom. The zero-order valence-corrected chi connectivity index (χ0v) is 7.77. The Kier molecular flexibility index (Phi) is 2.28. The van der Waals surface area contributed by atoms with Crippen LogP contribution in [0.4, 0.5) is 0 Å². The van der Waals surface area contributed by atoms with Crippen molar-refractivity contribution < 1.29 is 4.74 Å². The molecule has 0 saturated carbocycles. The Hall–Kier alpha value is -0.600. The standard InChI is InChI=1S/C10H12OS/c1-8-7-11-5-4-9(8)10-3-2-6-12-10/h2-3,6,9H,1,4-5,7H2/t9-/m0/s1. The van der Waals surface area contributed by atoms with Crippen LogP contribution in [0.3, 0.4) is 0 Å². The van der Waals surface area contributed by atoms with Gasteiger partial charge >= 0.3 is 0 Å². The van der Waals surface area contributed by atoms with Gasteiger partial charge in [0.2, 0.25) is 0 Å². The summed E-state index contributed by atoms with van der Waals surface area (Å²) in [6.07, 6.45) is 1.10. The Morgan fingerprint density at radius 1 is 1.58 bits per heavy atom. The lowest BCUT2D eigenvalue weighted by Crippen LogP contribution is -2.15. The molecule has 12 heavy (non-hydrogen) atoms. The van der Waals surface area contributed by atoms with Crippen molar-refractivity contribution in [1.29, 1.82) is 0 Å². The molecule has 2 heteroatoms. The molecule has 1 nitrogen and oxygen atoms in total. The summed E-state index contributed by atoms with van der Waals surface area (Å²) >= 11 is 1.82. The maximum Gasteiger partial charge on any atom is 0.0680 e. The van der Waals surface area contributed by atoms with Gasteiger partial charge in [0.1, 0.15) is 0 Å². The van der Waals surface area contributed by atoms with Crippen molar-refractivity contribution >= 4 is 11.3 Å². The van der Waals surface area contributed by atoms with Crippen molar-refractivity contribution in [3.05, 3.63) is 34.5 Å². The maximum absolute atomic E-state index is 5.32. The van der Waals surface area contributed by atoms with Crippen LogP contribution in [0, 0.1) is 0 Å². The number of hydrogen-bond donors (Lipinski definition) is 0. The van der Waals surface area contributed by atoms with E-state index in [1.165, 1.54) is 10.5 Å². The van der Waals surface area contributed by atoms with E-state index in [0.717, 1.165) is 19.6 Å². The summed E-state index contributed by atoms with van der Waals surface area (Å²) in [6.45, 7) is 5.65. The lowest BCUT2D eigenvalue weighted by Gasteiger charge is -2.23. The van der Waals surface area contributed by atoms with E-state index in [1.54, 1.807) is 0 Å². The van der Waals surface area contributed by atoms with Crippen LogP contribution in [0.25, 0.3) is 0 Å². The molecule has 2 rings (SSSR count). The van der Waals surface area contributed by atoms with E-state index in [9.17, 15) is 0 Å². The minimum absolute atomic E-state index is 0.554. The lowest BCUT2D eigenvalue weighted by molar-refractivity contribution is 0.122. The van der Waals surface area contributed by atoms with Crippen molar-refractivity contribution in [3.8, 4) is 0 Å². The summed E-state index contributed by atoms with van der Waals surface area (Å²) in [7, 11) is 0. The minimum Gasteiger partial charge on any atom is -0.377 e. The summed E-state index contributed by atoms with van der Waals surface area (Å²) in [5, 5.41) is 2.12. The third kappa shape index (κ3) is 1.45. The first kappa shape index (κ1) is 8.02. The molecule has 0 aromatic carbocycles. The van der Waals surface area contributed by atoms with E-state index in [4.69, 9.17) is 4.74 Å². The largest absolute Gasteiger partial charge is 0.377 e. The number of rotatable bonds is 1. The molecule has 2 heterocycles. The molecule has 1 aromatic heterocycles. The fourth-order valence-corrected chi connectivity index (χ4v) is 2.46. The van der Waals surface area contributed by atoms with Gasteiger partial charge in [-0.25, -0.2) is 0 Å². The molecule has 1 aliphatic heterocycles. The molecule has 1 fully saturated rings. The topological polar surface area (TPSA) is 9.23 Å². The highest BCUT2D eigenvalue weighted by molar-refractivity contribution is 7.10. The second-order valence-corrected chi connectivity index (χ2v) is 4.05. The van der Waals surface area contributed by atoms with Gasteiger partial charge in [-0.15, -0.1) is 11.3 Å². The lowest BCUT2D eigenvalue weighted by atomic mass is 9.94. The Labute approximate surface area is 76.7 Å². The molecule has 1 aliphatic rings. The first-order valence-electron chi connectivity index (χ1n) is 4.17. The molecule has 0 unspecified atom stereocenters. The molecule has 0 bridgehead atoms. The zero-order chi connectivity index (χ0) is 8.39. The van der Waals surface area contributed by atoms with Crippen LogP contribution in [0.15, 0.2) is 29.7 Å². The normalized spacial score (nSPS) is 24.3. The monoisotopic (exact) mass is 180 g/mol. The third-order valence-electron chi connectivity index (χ3n) is 2.22. The van der Waals surface area contributed by atoms with Crippen molar-refractivity contribution in [3.63, 3.8) is 0 Å². The molecule has 1 saturated heterocycles. The van der Waals surface area contributed by atoms with Gasteiger partial charge in [-0.1, -0.05) is 12.6 Å². The molecule has 0 radical (unpaired) electrons. The summed E-state index contributed by atoms with van der Waals surface area (Å²) in [5.74, 6) is 0.554. The van der Waals surface area contributed by atoms with E-state index < -0.39 is 0 Å². The first-order valence-corrected chi connectivity index (χ1v) is 5.04. The third-order valence-corrected chi connectivity index (χ3v) is 3.20. The van der Waals surface area contributed by atoms with Gasteiger partial charge in [0, 0.05) is 17.4 Å². The summed E-state index contributed by atoms with van der Waals surface area (Å²) < 4.78 is 5.32. The SMILES string of the molecule is C=C1COCC[C@@H]1c1cccs1. The van der Waals surface area contributed by atoms with Crippen LogP contribution in [0.5, 0.6) is 0 Å². The van der Waals surface area contributed by atoms with E-state index in [2.05, 4.69) is 24.1 Å². The van der Waals surface area contributed by atoms with E-state index in [1.807, 2.05) is 11.3 Å². The van der Waals surface area contributed by atoms with Gasteiger partial charge in [0.15, 0.2) is 0 Å². The molecule has 64 valence electrons. The molecule has 0 spiro atoms. The van der Waals surface area contributed by atoms with Gasteiger partial charge in [-0.05, 0) is 23.4 Å². The van der Waals surface area contributed by atoms with Crippen LogP contribution < -0.4 is 0 Å². The van der Waals surface area contributed by atoms with Crippen LogP contribution in [-0.2, 0) is 4.74 Å². The molecule has 0 amide bonds. The molecule has 1 aromatic rings. The van der Waals surface area contributed by atoms with Crippen LogP contribution in [-0.4, -0.2) is 13.2 Å². The van der Waals surface area contributed by atoms with Crippen LogP contribution in [0.1, 0.15) is 17.2 Å². The average molecular weight is 180 g/mol. The van der Waals surface area contributed by atoms with Crippen LogP contribution >= 0.6 is 11.3 Å². The summed E-state index contributed by atoms with van der Waals surface area (Å²) in [5.41, 5.74) is 1.23. The summed E-state index contributed by atoms with van der Waals surface area (Å²) in [6, 6.07) is 4.29. The van der Waals surface area contributed by atoms with Gasteiger partial charge in [-0.2, -0.15) is 0 Å². The highest BCUT2D eigenvalue weighted by Crippen LogP contribution is 2.32. The second-order valence-electron chi connectivity index (χ2n) is 3.07. The molecule has 1 atom stereocenters. The number of ether oxygens (including phenoxy) is 1. The highest BCUT2D eigenvalue weighted by Gasteiger charge is 2.19. The average Bonchev–Trinajstić information content (AvgIpc) is 2.57. The predicted octanol–water partition coefficient (Wildman–Crippen LogP) is 2.81. The van der Waals surface area contributed by atoms with Crippen molar-refractivity contribution in [2.75, 3.05) is 13.2 Å². The van der Waals surface area contributed by atoms with Crippen molar-refractivity contribution in [2.45, 2.75) is 12.3 Å².